The average molecular weight is 254 g/mol. The second-order valence-electron chi connectivity index (χ2n) is 2.20. The molecule has 5 nitrogen and oxygen atoms in total. The Morgan fingerprint density at radius 2 is 2.15 bits per heavy atom. The van der Waals surface area contributed by atoms with Crippen LogP contribution in [0.2, 0.25) is 0 Å². The van der Waals surface area contributed by atoms with Crippen LogP contribution in [0.15, 0.2) is 0 Å². The van der Waals surface area contributed by atoms with E-state index in [1.807, 2.05) is 0 Å². The van der Waals surface area contributed by atoms with Crippen LogP contribution in [-0.2, 0) is 14.3 Å². The van der Waals surface area contributed by atoms with E-state index in [0.29, 0.717) is 0 Å². The summed E-state index contributed by atoms with van der Waals surface area (Å²) in [7, 11) is 1.27. The molecule has 0 saturated heterocycles. The normalized spacial score (nSPS) is 11.6. The fourth-order valence-corrected chi connectivity index (χ4v) is 0.624. The number of methoxy groups -OCH3 is 1. The molecule has 0 rings (SSSR count). The van der Waals surface area contributed by atoms with Gasteiger partial charge in [0.25, 0.3) is 0 Å². The van der Waals surface area contributed by atoms with E-state index in [4.69, 9.17) is 4.74 Å². The number of amides is 1. The fourth-order valence-electron chi connectivity index (χ4n) is 0.492. The summed E-state index contributed by atoms with van der Waals surface area (Å²) in [4.78, 5) is 21.0. The highest BCUT2D eigenvalue weighted by molar-refractivity contribution is 9.10. The standard InChI is InChI=1S/C7H12BrNO4/c1-5(8)6(10)13-4-3-9-7(11)12-2/h5H,3-4H2,1-2H3,(H,9,11). The van der Waals surface area contributed by atoms with Crippen LogP contribution >= 0.6 is 15.9 Å². The van der Waals surface area contributed by atoms with Crippen molar-refractivity contribution in [1.82, 2.24) is 5.32 Å². The minimum atomic E-state index is -0.539. The Labute approximate surface area is 84.9 Å². The molecule has 0 heterocycles. The quantitative estimate of drug-likeness (QED) is 0.455. The van der Waals surface area contributed by atoms with Gasteiger partial charge in [0, 0.05) is 0 Å². The van der Waals surface area contributed by atoms with Crippen molar-refractivity contribution in [2.24, 2.45) is 0 Å². The Hall–Kier alpha value is -0.780. The summed E-state index contributed by atoms with van der Waals surface area (Å²) in [5.41, 5.74) is 0. The Kier molecular flexibility index (Phi) is 6.30. The summed E-state index contributed by atoms with van der Waals surface area (Å²) < 4.78 is 9.05. The Balaban J connectivity index is 3.36. The van der Waals surface area contributed by atoms with Crippen molar-refractivity contribution in [3.63, 3.8) is 0 Å². The van der Waals surface area contributed by atoms with Crippen molar-refractivity contribution in [3.05, 3.63) is 0 Å². The number of hydrogen-bond donors (Lipinski definition) is 1. The smallest absolute Gasteiger partial charge is 0.406 e. The fraction of sp³-hybridized carbons (Fsp3) is 0.714. The summed E-state index contributed by atoms with van der Waals surface area (Å²) in [6.07, 6.45) is -0.539. The van der Waals surface area contributed by atoms with Crippen LogP contribution in [0.3, 0.4) is 0 Å². The molecule has 0 bridgehead atoms. The Bertz CT molecular complexity index is 183. The molecule has 0 aromatic carbocycles. The summed E-state index contributed by atoms with van der Waals surface area (Å²) in [5.74, 6) is -0.355. The van der Waals surface area contributed by atoms with Gasteiger partial charge in [-0.15, -0.1) is 0 Å². The topological polar surface area (TPSA) is 64.6 Å². The number of nitrogens with one attached hydrogen (secondary N) is 1. The van der Waals surface area contributed by atoms with Gasteiger partial charge in [0.05, 0.1) is 13.7 Å². The zero-order valence-corrected chi connectivity index (χ0v) is 9.09. The van der Waals surface area contributed by atoms with E-state index in [1.54, 1.807) is 6.92 Å². The van der Waals surface area contributed by atoms with E-state index < -0.39 is 6.09 Å². The molecule has 1 atom stereocenters. The number of ether oxygens (including phenoxy) is 2. The molecule has 6 heteroatoms. The highest BCUT2D eigenvalue weighted by Crippen LogP contribution is 1.98. The molecule has 0 aliphatic carbocycles. The number of esters is 1. The molecule has 1 unspecified atom stereocenters. The van der Waals surface area contributed by atoms with Crippen molar-refractivity contribution in [2.45, 2.75) is 11.8 Å². The lowest BCUT2D eigenvalue weighted by molar-refractivity contribution is -0.142. The third-order valence-electron chi connectivity index (χ3n) is 1.13. The second kappa shape index (κ2) is 6.71. The SMILES string of the molecule is COC(=O)NCCOC(=O)C(C)Br. The number of alkyl carbamates (subject to hydrolysis) is 1. The van der Waals surface area contributed by atoms with Crippen LogP contribution in [0.1, 0.15) is 6.92 Å². The zero-order chi connectivity index (χ0) is 10.3. The molecule has 0 spiro atoms. The summed E-state index contributed by atoms with van der Waals surface area (Å²) in [6.45, 7) is 2.05. The van der Waals surface area contributed by atoms with Gasteiger partial charge in [0.1, 0.15) is 11.4 Å². The van der Waals surface area contributed by atoms with Gasteiger partial charge in [0.2, 0.25) is 0 Å². The first-order valence-corrected chi connectivity index (χ1v) is 4.62. The first kappa shape index (κ1) is 12.2. The van der Waals surface area contributed by atoms with Gasteiger partial charge in [-0.1, -0.05) is 15.9 Å². The second-order valence-corrected chi connectivity index (χ2v) is 3.58. The monoisotopic (exact) mass is 253 g/mol. The Morgan fingerprint density at radius 3 is 2.62 bits per heavy atom. The number of carbonyl (C=O) groups excluding carboxylic acids is 2. The first-order valence-electron chi connectivity index (χ1n) is 3.70. The zero-order valence-electron chi connectivity index (χ0n) is 7.50. The van der Waals surface area contributed by atoms with E-state index in [0.717, 1.165) is 0 Å². The number of hydrogen-bond acceptors (Lipinski definition) is 4. The third-order valence-corrected chi connectivity index (χ3v) is 1.50. The van der Waals surface area contributed by atoms with Gasteiger partial charge in [0.15, 0.2) is 0 Å². The van der Waals surface area contributed by atoms with Gasteiger partial charge in [-0.05, 0) is 6.92 Å². The van der Waals surface area contributed by atoms with Crippen LogP contribution in [0, 0.1) is 0 Å². The lowest BCUT2D eigenvalue weighted by Gasteiger charge is -2.06. The van der Waals surface area contributed by atoms with Crippen LogP contribution in [0.4, 0.5) is 4.79 Å². The lowest BCUT2D eigenvalue weighted by Crippen LogP contribution is -2.28. The van der Waals surface area contributed by atoms with E-state index >= 15 is 0 Å². The molecule has 0 aliphatic heterocycles. The van der Waals surface area contributed by atoms with E-state index in [9.17, 15) is 9.59 Å². The summed E-state index contributed by atoms with van der Waals surface area (Å²) >= 11 is 3.05. The molecule has 1 amide bonds. The lowest BCUT2D eigenvalue weighted by atomic mass is 10.5. The number of alkyl halides is 1. The molecular formula is C7H12BrNO4. The summed E-state index contributed by atoms with van der Waals surface area (Å²) in [6, 6.07) is 0. The van der Waals surface area contributed by atoms with Crippen molar-refractivity contribution >= 4 is 28.0 Å². The molecular weight excluding hydrogens is 242 g/mol. The maximum absolute atomic E-state index is 10.8. The Morgan fingerprint density at radius 1 is 1.54 bits per heavy atom. The molecule has 1 N–H and O–H groups in total. The van der Waals surface area contributed by atoms with Crippen LogP contribution in [0.25, 0.3) is 0 Å². The van der Waals surface area contributed by atoms with Crippen molar-refractivity contribution in [2.75, 3.05) is 20.3 Å². The van der Waals surface area contributed by atoms with Crippen molar-refractivity contribution < 1.29 is 19.1 Å². The molecule has 0 aliphatic rings. The molecule has 76 valence electrons. The maximum atomic E-state index is 10.8. The van der Waals surface area contributed by atoms with Gasteiger partial charge in [-0.25, -0.2) is 4.79 Å². The predicted octanol–water partition coefficient (Wildman–Crippen LogP) is 0.669. The van der Waals surface area contributed by atoms with E-state index in [1.165, 1.54) is 7.11 Å². The van der Waals surface area contributed by atoms with Crippen molar-refractivity contribution in [1.29, 1.82) is 0 Å². The van der Waals surface area contributed by atoms with Gasteiger partial charge < -0.3 is 14.8 Å². The van der Waals surface area contributed by atoms with Crippen LogP contribution in [-0.4, -0.2) is 37.2 Å². The minimum absolute atomic E-state index is 0.143. The molecule has 13 heavy (non-hydrogen) atoms. The van der Waals surface area contributed by atoms with Crippen LogP contribution in [0.5, 0.6) is 0 Å². The number of carbonyl (C=O) groups is 2. The average Bonchev–Trinajstić information content (AvgIpc) is 2.11. The highest BCUT2D eigenvalue weighted by atomic mass is 79.9. The van der Waals surface area contributed by atoms with E-state index in [2.05, 4.69) is 26.0 Å². The predicted molar refractivity (Wildman–Crippen MR) is 49.8 cm³/mol. The molecule has 0 aromatic rings. The first-order chi connectivity index (χ1) is 6.07. The highest BCUT2D eigenvalue weighted by Gasteiger charge is 2.09. The largest absolute Gasteiger partial charge is 0.463 e. The number of rotatable bonds is 4. The van der Waals surface area contributed by atoms with Gasteiger partial charge >= 0.3 is 12.1 Å². The molecule has 0 aromatic heterocycles. The van der Waals surface area contributed by atoms with E-state index in [-0.39, 0.29) is 23.9 Å². The van der Waals surface area contributed by atoms with Crippen molar-refractivity contribution in [3.8, 4) is 0 Å². The summed E-state index contributed by atoms with van der Waals surface area (Å²) in [5, 5.41) is 2.37. The van der Waals surface area contributed by atoms with Crippen LogP contribution < -0.4 is 5.32 Å². The minimum Gasteiger partial charge on any atom is -0.463 e. The third kappa shape index (κ3) is 6.39. The molecule has 0 saturated carbocycles. The molecule has 0 fully saturated rings. The van der Waals surface area contributed by atoms with Gasteiger partial charge in [-0.2, -0.15) is 0 Å². The van der Waals surface area contributed by atoms with Gasteiger partial charge in [-0.3, -0.25) is 4.79 Å². The molecule has 0 radical (unpaired) electrons. The number of halogens is 1. The maximum Gasteiger partial charge on any atom is 0.406 e.